The molecule has 3 aliphatic rings. The summed E-state index contributed by atoms with van der Waals surface area (Å²) in [7, 11) is 0. The Morgan fingerprint density at radius 2 is 1.74 bits per heavy atom. The zero-order valence-electron chi connectivity index (χ0n) is 11.3. The minimum atomic E-state index is -4.18. The topological polar surface area (TPSA) is 32.8 Å². The van der Waals surface area contributed by atoms with Crippen LogP contribution in [0.5, 0.6) is 0 Å². The summed E-state index contributed by atoms with van der Waals surface area (Å²) in [5.41, 5.74) is -0.577. The first kappa shape index (κ1) is 14.4. The van der Waals surface area contributed by atoms with Crippen LogP contribution in [0.25, 0.3) is 0 Å². The Morgan fingerprint density at radius 3 is 2.16 bits per heavy atom. The lowest BCUT2D eigenvalue weighted by atomic mass is 9.88. The fourth-order valence-corrected chi connectivity index (χ4v) is 2.69. The molecule has 0 aromatic rings. The number of ether oxygens (including phenoxy) is 1. The third-order valence-corrected chi connectivity index (χ3v) is 3.28. The van der Waals surface area contributed by atoms with Gasteiger partial charge in [0.1, 0.15) is 5.60 Å². The molecular weight excluding hydrogens is 261 g/mol. The van der Waals surface area contributed by atoms with Crippen LogP contribution in [-0.2, 0) is 4.74 Å². The van der Waals surface area contributed by atoms with Gasteiger partial charge in [0, 0.05) is 13.1 Å². The molecule has 0 aliphatic carbocycles. The Balaban J connectivity index is 1.89. The van der Waals surface area contributed by atoms with Crippen LogP contribution in [0.1, 0.15) is 27.2 Å². The lowest BCUT2D eigenvalue weighted by Gasteiger charge is -2.55. The number of rotatable bonds is 1. The molecule has 0 spiro atoms. The fraction of sp³-hybridized carbons (Fsp3) is 0.917. The van der Waals surface area contributed by atoms with Crippen molar-refractivity contribution in [2.75, 3.05) is 19.6 Å². The summed E-state index contributed by atoms with van der Waals surface area (Å²) in [6, 6.07) is -0.285. The van der Waals surface area contributed by atoms with E-state index in [1.165, 1.54) is 4.90 Å². The van der Waals surface area contributed by atoms with Crippen molar-refractivity contribution in [2.45, 2.75) is 51.1 Å². The zero-order valence-corrected chi connectivity index (χ0v) is 11.3. The highest BCUT2D eigenvalue weighted by Gasteiger charge is 2.50. The van der Waals surface area contributed by atoms with E-state index in [2.05, 4.69) is 0 Å². The minimum Gasteiger partial charge on any atom is -0.444 e. The number of hydrogen-bond acceptors (Lipinski definition) is 3. The lowest BCUT2D eigenvalue weighted by Crippen LogP contribution is -2.71. The molecule has 0 aromatic carbocycles. The van der Waals surface area contributed by atoms with Gasteiger partial charge in [0.05, 0.1) is 18.6 Å². The summed E-state index contributed by atoms with van der Waals surface area (Å²) < 4.78 is 42.2. The Hall–Kier alpha value is -0.980. The van der Waals surface area contributed by atoms with Crippen molar-refractivity contribution in [3.8, 4) is 0 Å². The Kier molecular flexibility index (Phi) is 3.45. The molecule has 4 nitrogen and oxygen atoms in total. The summed E-state index contributed by atoms with van der Waals surface area (Å²) in [6.45, 7) is 4.97. The third kappa shape index (κ3) is 3.52. The van der Waals surface area contributed by atoms with Crippen LogP contribution in [0.2, 0.25) is 0 Å². The van der Waals surface area contributed by atoms with Gasteiger partial charge in [0.25, 0.3) is 0 Å². The molecule has 2 atom stereocenters. The van der Waals surface area contributed by atoms with E-state index >= 15 is 0 Å². The molecule has 0 saturated carbocycles. The first-order chi connectivity index (χ1) is 8.55. The van der Waals surface area contributed by atoms with Crippen LogP contribution in [0, 0.1) is 0 Å². The summed E-state index contributed by atoms with van der Waals surface area (Å²) >= 11 is 0. The van der Waals surface area contributed by atoms with Gasteiger partial charge >= 0.3 is 12.3 Å². The molecule has 3 aliphatic heterocycles. The molecule has 3 saturated heterocycles. The Bertz CT molecular complexity index is 353. The molecule has 0 N–H and O–H groups in total. The van der Waals surface area contributed by atoms with Crippen molar-refractivity contribution in [3.63, 3.8) is 0 Å². The molecule has 3 rings (SSSR count). The summed E-state index contributed by atoms with van der Waals surface area (Å²) in [4.78, 5) is 14.9. The van der Waals surface area contributed by atoms with E-state index in [-0.39, 0.29) is 25.2 Å². The number of carbonyl (C=O) groups excluding carboxylic acids is 1. The zero-order chi connectivity index (χ0) is 14.4. The summed E-state index contributed by atoms with van der Waals surface area (Å²) in [6.07, 6.45) is -3.82. The van der Waals surface area contributed by atoms with Gasteiger partial charge in [-0.3, -0.25) is 9.80 Å². The molecule has 0 radical (unpaired) electrons. The van der Waals surface area contributed by atoms with Crippen LogP contribution in [-0.4, -0.2) is 59.4 Å². The highest BCUT2D eigenvalue weighted by Crippen LogP contribution is 2.34. The van der Waals surface area contributed by atoms with Gasteiger partial charge in [-0.25, -0.2) is 4.79 Å². The van der Waals surface area contributed by atoms with E-state index in [9.17, 15) is 18.0 Å². The lowest BCUT2D eigenvalue weighted by molar-refractivity contribution is -0.164. The van der Waals surface area contributed by atoms with Gasteiger partial charge in [-0.15, -0.1) is 0 Å². The maximum Gasteiger partial charge on any atom is 0.410 e. The highest BCUT2D eigenvalue weighted by molar-refractivity contribution is 5.70. The molecule has 19 heavy (non-hydrogen) atoms. The molecule has 7 heteroatoms. The van der Waals surface area contributed by atoms with E-state index in [0.29, 0.717) is 0 Å². The highest BCUT2D eigenvalue weighted by atomic mass is 19.4. The average molecular weight is 280 g/mol. The van der Waals surface area contributed by atoms with E-state index in [4.69, 9.17) is 4.74 Å². The number of carbonyl (C=O) groups is 1. The number of nitrogens with zero attached hydrogens (tertiary/aromatic N) is 2. The summed E-state index contributed by atoms with van der Waals surface area (Å²) in [5.74, 6) is 0. The molecule has 110 valence electrons. The number of fused-ring (bicyclic) bond motifs is 2. The molecular formula is C12H19F3N2O2. The second-order valence-corrected chi connectivity index (χ2v) is 6.24. The first-order valence-corrected chi connectivity index (χ1v) is 6.35. The van der Waals surface area contributed by atoms with Crippen molar-refractivity contribution >= 4 is 6.09 Å². The van der Waals surface area contributed by atoms with Gasteiger partial charge in [0.2, 0.25) is 0 Å². The van der Waals surface area contributed by atoms with E-state index in [1.807, 2.05) is 0 Å². The SMILES string of the molecule is CC(C)(C)OC(=O)N1C2CC1CN(CC(F)(F)F)C2. The van der Waals surface area contributed by atoms with Gasteiger partial charge < -0.3 is 4.74 Å². The standard InChI is InChI=1S/C12H19F3N2O2/c1-11(2,3)19-10(18)17-8-4-9(17)6-16(5-8)7-12(13,14)15/h8-9H,4-7H2,1-3H3. The molecule has 3 fully saturated rings. The monoisotopic (exact) mass is 280 g/mol. The smallest absolute Gasteiger partial charge is 0.410 e. The Labute approximate surface area is 110 Å². The van der Waals surface area contributed by atoms with Crippen molar-refractivity contribution in [2.24, 2.45) is 0 Å². The second-order valence-electron chi connectivity index (χ2n) is 6.24. The van der Waals surface area contributed by atoms with E-state index in [1.54, 1.807) is 25.7 Å². The first-order valence-electron chi connectivity index (χ1n) is 6.35. The quantitative estimate of drug-likeness (QED) is 0.738. The number of alkyl halides is 3. The number of amides is 1. The minimum absolute atomic E-state index is 0.143. The largest absolute Gasteiger partial charge is 0.444 e. The van der Waals surface area contributed by atoms with Crippen molar-refractivity contribution in [1.29, 1.82) is 0 Å². The van der Waals surface area contributed by atoms with Crippen LogP contribution in [0.3, 0.4) is 0 Å². The Morgan fingerprint density at radius 1 is 1.21 bits per heavy atom. The van der Waals surface area contributed by atoms with Gasteiger partial charge in [-0.05, 0) is 27.2 Å². The predicted octanol–water partition coefficient (Wildman–Crippen LogP) is 2.24. The van der Waals surface area contributed by atoms with Crippen LogP contribution >= 0.6 is 0 Å². The molecule has 3 heterocycles. The third-order valence-electron chi connectivity index (χ3n) is 3.28. The van der Waals surface area contributed by atoms with E-state index < -0.39 is 24.4 Å². The van der Waals surface area contributed by atoms with Crippen molar-refractivity contribution in [1.82, 2.24) is 9.80 Å². The second kappa shape index (κ2) is 4.54. The molecule has 0 aromatic heterocycles. The predicted molar refractivity (Wildman–Crippen MR) is 62.8 cm³/mol. The molecule has 2 bridgehead atoms. The fourth-order valence-electron chi connectivity index (χ4n) is 2.69. The average Bonchev–Trinajstić information content (AvgIpc) is 2.10. The maximum absolute atomic E-state index is 12.3. The van der Waals surface area contributed by atoms with Crippen LogP contribution in [0.4, 0.5) is 18.0 Å². The van der Waals surface area contributed by atoms with Gasteiger partial charge in [-0.1, -0.05) is 0 Å². The van der Waals surface area contributed by atoms with Crippen LogP contribution < -0.4 is 0 Å². The number of piperazine rings is 1. The van der Waals surface area contributed by atoms with Crippen LogP contribution in [0.15, 0.2) is 0 Å². The van der Waals surface area contributed by atoms with Gasteiger partial charge in [0.15, 0.2) is 0 Å². The molecule has 2 unspecified atom stereocenters. The van der Waals surface area contributed by atoms with Gasteiger partial charge in [-0.2, -0.15) is 13.2 Å². The van der Waals surface area contributed by atoms with Crippen molar-refractivity contribution in [3.05, 3.63) is 0 Å². The number of hydrogen-bond donors (Lipinski definition) is 0. The summed E-state index contributed by atoms with van der Waals surface area (Å²) in [5, 5.41) is 0. The number of halogens is 3. The van der Waals surface area contributed by atoms with E-state index in [0.717, 1.165) is 6.42 Å². The van der Waals surface area contributed by atoms with Crippen molar-refractivity contribution < 1.29 is 22.7 Å². The number of piperidine rings is 1. The molecule has 1 amide bonds. The normalized spacial score (nSPS) is 28.0. The maximum atomic E-state index is 12.3.